The van der Waals surface area contributed by atoms with E-state index in [0.717, 1.165) is 46.6 Å². The molecule has 6 rings (SSSR count). The number of benzene rings is 1. The Balaban J connectivity index is 1.41. The minimum Gasteiger partial charge on any atom is -0.356 e. The van der Waals surface area contributed by atoms with Gasteiger partial charge in [-0.1, -0.05) is 29.8 Å². The first-order chi connectivity index (χ1) is 15.1. The van der Waals surface area contributed by atoms with Crippen LogP contribution in [0.5, 0.6) is 0 Å². The Labute approximate surface area is 190 Å². The van der Waals surface area contributed by atoms with E-state index in [0.29, 0.717) is 12.5 Å². The Hall–Kier alpha value is -2.22. The fraction of sp³-hybridized carbons (Fsp3) is 0.435. The van der Waals surface area contributed by atoms with Gasteiger partial charge in [-0.15, -0.1) is 21.5 Å². The van der Waals surface area contributed by atoms with Gasteiger partial charge in [0, 0.05) is 27.9 Å². The summed E-state index contributed by atoms with van der Waals surface area (Å²) in [5.74, 6) is 2.70. The maximum atomic E-state index is 12.8. The van der Waals surface area contributed by atoms with Gasteiger partial charge in [-0.3, -0.25) is 14.7 Å². The van der Waals surface area contributed by atoms with Crippen LogP contribution in [-0.4, -0.2) is 27.2 Å². The summed E-state index contributed by atoms with van der Waals surface area (Å²) in [6.45, 7) is 3.43. The molecular weight excluding hydrogens is 430 g/mol. The molecule has 0 unspecified atom stereocenters. The fourth-order valence-electron chi connectivity index (χ4n) is 4.86. The third kappa shape index (κ3) is 3.30. The van der Waals surface area contributed by atoms with Crippen molar-refractivity contribution in [2.45, 2.75) is 45.2 Å². The molecule has 8 heteroatoms. The molecule has 0 bridgehead atoms. The zero-order valence-electron chi connectivity index (χ0n) is 17.3. The second-order valence-electron chi connectivity index (χ2n) is 8.85. The summed E-state index contributed by atoms with van der Waals surface area (Å²) in [4.78, 5) is 14.1. The van der Waals surface area contributed by atoms with Crippen molar-refractivity contribution < 1.29 is 4.79 Å². The Morgan fingerprint density at radius 2 is 2.13 bits per heavy atom. The van der Waals surface area contributed by atoms with Crippen molar-refractivity contribution in [1.29, 1.82) is 0 Å². The molecule has 0 saturated heterocycles. The SMILES string of the molecule is Cc1nnc2n1-c1sc3c(c1[C@H](c1ccccc1Cl)NC2)C[C@H](C(=O)NCC1CC1)C3. The van der Waals surface area contributed by atoms with Crippen molar-refractivity contribution in [2.75, 3.05) is 6.54 Å². The number of rotatable bonds is 4. The highest BCUT2D eigenvalue weighted by atomic mass is 35.5. The average molecular weight is 454 g/mol. The van der Waals surface area contributed by atoms with Crippen molar-refractivity contribution >= 4 is 28.8 Å². The topological polar surface area (TPSA) is 71.8 Å². The number of amides is 1. The van der Waals surface area contributed by atoms with E-state index in [1.807, 2.05) is 25.1 Å². The van der Waals surface area contributed by atoms with Crippen molar-refractivity contribution in [3.63, 3.8) is 0 Å². The fourth-order valence-corrected chi connectivity index (χ4v) is 6.62. The average Bonchev–Trinajstić information content (AvgIpc) is 3.31. The van der Waals surface area contributed by atoms with E-state index in [9.17, 15) is 4.79 Å². The molecule has 2 N–H and O–H groups in total. The Kier molecular flexibility index (Phi) is 4.67. The number of aromatic nitrogens is 3. The molecule has 1 aromatic carbocycles. The predicted molar refractivity (Wildman–Crippen MR) is 121 cm³/mol. The van der Waals surface area contributed by atoms with Gasteiger partial charge in [0.05, 0.1) is 12.6 Å². The lowest BCUT2D eigenvalue weighted by atomic mass is 9.95. The summed E-state index contributed by atoms with van der Waals surface area (Å²) in [5, 5.41) is 17.5. The van der Waals surface area contributed by atoms with Crippen LogP contribution >= 0.6 is 22.9 Å². The van der Waals surface area contributed by atoms with Gasteiger partial charge in [0.15, 0.2) is 5.82 Å². The van der Waals surface area contributed by atoms with Gasteiger partial charge in [-0.05, 0) is 55.7 Å². The molecule has 3 heterocycles. The summed E-state index contributed by atoms with van der Waals surface area (Å²) in [5.41, 5.74) is 3.58. The number of carbonyl (C=O) groups is 1. The summed E-state index contributed by atoms with van der Waals surface area (Å²) >= 11 is 8.41. The Morgan fingerprint density at radius 1 is 1.29 bits per heavy atom. The van der Waals surface area contributed by atoms with Gasteiger partial charge < -0.3 is 5.32 Å². The van der Waals surface area contributed by atoms with Crippen LogP contribution < -0.4 is 10.6 Å². The lowest BCUT2D eigenvalue weighted by molar-refractivity contribution is -0.124. The summed E-state index contributed by atoms with van der Waals surface area (Å²) < 4.78 is 2.17. The summed E-state index contributed by atoms with van der Waals surface area (Å²) in [6.07, 6.45) is 4.07. The minimum absolute atomic E-state index is 0.0157. The normalized spacial score (nSPS) is 21.9. The van der Waals surface area contributed by atoms with Gasteiger partial charge in [0.2, 0.25) is 5.91 Å². The zero-order valence-corrected chi connectivity index (χ0v) is 18.9. The molecule has 2 aliphatic carbocycles. The number of fused-ring (bicyclic) bond motifs is 5. The maximum Gasteiger partial charge on any atom is 0.223 e. The monoisotopic (exact) mass is 453 g/mol. The molecule has 6 nitrogen and oxygen atoms in total. The summed E-state index contributed by atoms with van der Waals surface area (Å²) in [7, 11) is 0. The first-order valence-electron chi connectivity index (χ1n) is 10.9. The number of halogens is 1. The maximum absolute atomic E-state index is 12.8. The number of aryl methyl sites for hydroxylation is 1. The Morgan fingerprint density at radius 3 is 2.94 bits per heavy atom. The van der Waals surface area contributed by atoms with E-state index in [-0.39, 0.29) is 17.9 Å². The largest absolute Gasteiger partial charge is 0.356 e. The molecule has 1 fully saturated rings. The molecule has 2 atom stereocenters. The van der Waals surface area contributed by atoms with E-state index in [2.05, 4.69) is 31.5 Å². The summed E-state index contributed by atoms with van der Waals surface area (Å²) in [6, 6.07) is 7.97. The number of nitrogens with one attached hydrogen (secondary N) is 2. The molecule has 2 aromatic heterocycles. The van der Waals surface area contributed by atoms with Crippen LogP contribution in [0.2, 0.25) is 5.02 Å². The van der Waals surface area contributed by atoms with Crippen molar-refractivity contribution in [3.05, 3.63) is 62.5 Å². The number of nitrogens with zero attached hydrogens (tertiary/aromatic N) is 3. The molecular formula is C23H24ClN5OS. The van der Waals surface area contributed by atoms with Crippen LogP contribution in [0, 0.1) is 18.8 Å². The van der Waals surface area contributed by atoms with Crippen molar-refractivity contribution in [3.8, 4) is 5.00 Å². The van der Waals surface area contributed by atoms with Gasteiger partial charge in [0.25, 0.3) is 0 Å². The van der Waals surface area contributed by atoms with E-state index in [1.54, 1.807) is 11.3 Å². The van der Waals surface area contributed by atoms with Gasteiger partial charge >= 0.3 is 0 Å². The van der Waals surface area contributed by atoms with Crippen LogP contribution in [0.1, 0.15) is 52.1 Å². The van der Waals surface area contributed by atoms with Gasteiger partial charge in [0.1, 0.15) is 10.8 Å². The molecule has 160 valence electrons. The van der Waals surface area contributed by atoms with Gasteiger partial charge in [-0.2, -0.15) is 0 Å². The second kappa shape index (κ2) is 7.43. The number of hydrogen-bond donors (Lipinski definition) is 2. The third-order valence-corrected chi connectivity index (χ3v) is 8.29. The van der Waals surface area contributed by atoms with Crippen LogP contribution in [0.3, 0.4) is 0 Å². The van der Waals surface area contributed by atoms with Crippen LogP contribution in [0.25, 0.3) is 5.00 Å². The highest BCUT2D eigenvalue weighted by Crippen LogP contribution is 2.46. The smallest absolute Gasteiger partial charge is 0.223 e. The van der Waals surface area contributed by atoms with E-state index in [1.165, 1.54) is 28.8 Å². The van der Waals surface area contributed by atoms with E-state index >= 15 is 0 Å². The van der Waals surface area contributed by atoms with Crippen LogP contribution in [0.4, 0.5) is 0 Å². The first kappa shape index (κ1) is 19.5. The van der Waals surface area contributed by atoms with Crippen LogP contribution in [0.15, 0.2) is 24.3 Å². The highest BCUT2D eigenvalue weighted by molar-refractivity contribution is 7.15. The second-order valence-corrected chi connectivity index (χ2v) is 10.3. The number of thiophene rings is 1. The Bertz CT molecular complexity index is 1180. The van der Waals surface area contributed by atoms with E-state index in [4.69, 9.17) is 11.6 Å². The quantitative estimate of drug-likeness (QED) is 0.631. The molecule has 0 spiro atoms. The highest BCUT2D eigenvalue weighted by Gasteiger charge is 2.38. The number of carbonyl (C=O) groups excluding carboxylic acids is 1. The molecule has 31 heavy (non-hydrogen) atoms. The van der Waals surface area contributed by atoms with Crippen LogP contribution in [-0.2, 0) is 24.2 Å². The lowest BCUT2D eigenvalue weighted by Gasteiger charge is -2.20. The molecule has 1 saturated carbocycles. The third-order valence-electron chi connectivity index (χ3n) is 6.69. The van der Waals surface area contributed by atoms with Gasteiger partial charge in [-0.25, -0.2) is 0 Å². The molecule has 0 radical (unpaired) electrons. The molecule has 3 aliphatic rings. The lowest BCUT2D eigenvalue weighted by Crippen LogP contribution is -2.32. The first-order valence-corrected chi connectivity index (χ1v) is 12.1. The molecule has 3 aromatic rings. The number of hydrogen-bond acceptors (Lipinski definition) is 5. The zero-order chi connectivity index (χ0) is 21.1. The predicted octanol–water partition coefficient (Wildman–Crippen LogP) is 3.72. The molecule has 1 aliphatic heterocycles. The van der Waals surface area contributed by atoms with Crippen molar-refractivity contribution in [1.82, 2.24) is 25.4 Å². The standard InChI is InChI=1S/C23H24ClN5OS/c1-12-27-28-19-11-25-21(15-4-2-3-5-17(15)24)20-16-8-14(22(30)26-10-13-6-7-13)9-18(16)31-23(20)29(12)19/h2-5,13-14,21,25H,6-11H2,1H3,(H,26,30)/t14-,21-/m0/s1. The van der Waals surface area contributed by atoms with E-state index < -0.39 is 0 Å². The molecule has 1 amide bonds. The minimum atomic E-state index is -0.0434. The van der Waals surface area contributed by atoms with Crippen molar-refractivity contribution in [2.24, 2.45) is 11.8 Å².